The predicted octanol–water partition coefficient (Wildman–Crippen LogP) is 5.63. The monoisotopic (exact) mass is 327 g/mol. The zero-order valence-electron chi connectivity index (χ0n) is 12.0. The fourth-order valence-corrected chi connectivity index (χ4v) is 3.10. The number of benzene rings is 2. The Morgan fingerprint density at radius 3 is 2.36 bits per heavy atom. The third kappa shape index (κ3) is 3.21. The summed E-state index contributed by atoms with van der Waals surface area (Å²) < 4.78 is 0. The average molecular weight is 328 g/mol. The van der Waals surface area contributed by atoms with Gasteiger partial charge in [-0.05, 0) is 48.2 Å². The Bertz CT molecular complexity index is 791. The summed E-state index contributed by atoms with van der Waals surface area (Å²) in [6.07, 6.45) is 0. The highest BCUT2D eigenvalue weighted by Crippen LogP contribution is 2.29. The van der Waals surface area contributed by atoms with Crippen LogP contribution < -0.4 is 5.32 Å². The third-order valence-electron chi connectivity index (χ3n) is 3.34. The van der Waals surface area contributed by atoms with Gasteiger partial charge in [-0.1, -0.05) is 41.4 Å². The Morgan fingerprint density at radius 2 is 1.68 bits per heavy atom. The summed E-state index contributed by atoms with van der Waals surface area (Å²) in [5, 5.41) is 5.49. The van der Waals surface area contributed by atoms with Crippen molar-refractivity contribution >= 4 is 34.5 Å². The standard InChI is InChI=1S/C18H14ClNOS/c1-12-2-4-13(5-3-12)16-10-11-22-17(16)18(21)20-15-8-6-14(19)7-9-15/h2-11H,1H3,(H,20,21). The van der Waals surface area contributed by atoms with Crippen molar-refractivity contribution in [3.63, 3.8) is 0 Å². The second kappa shape index (κ2) is 6.34. The molecular formula is C18H14ClNOS. The lowest BCUT2D eigenvalue weighted by Crippen LogP contribution is -2.11. The summed E-state index contributed by atoms with van der Waals surface area (Å²) in [6, 6.07) is 17.2. The van der Waals surface area contributed by atoms with Crippen LogP contribution in [-0.2, 0) is 0 Å². The van der Waals surface area contributed by atoms with Gasteiger partial charge in [-0.3, -0.25) is 4.79 Å². The molecule has 3 rings (SSSR count). The first kappa shape index (κ1) is 14.8. The number of carbonyl (C=O) groups is 1. The molecule has 22 heavy (non-hydrogen) atoms. The minimum Gasteiger partial charge on any atom is -0.321 e. The van der Waals surface area contributed by atoms with Crippen LogP contribution in [0.2, 0.25) is 5.02 Å². The van der Waals surface area contributed by atoms with Crippen molar-refractivity contribution in [1.82, 2.24) is 0 Å². The van der Waals surface area contributed by atoms with Crippen molar-refractivity contribution in [2.24, 2.45) is 0 Å². The van der Waals surface area contributed by atoms with Gasteiger partial charge in [-0.25, -0.2) is 0 Å². The van der Waals surface area contributed by atoms with Gasteiger partial charge in [-0.2, -0.15) is 0 Å². The van der Waals surface area contributed by atoms with Crippen LogP contribution >= 0.6 is 22.9 Å². The zero-order chi connectivity index (χ0) is 15.5. The molecule has 0 aliphatic carbocycles. The number of hydrogen-bond donors (Lipinski definition) is 1. The number of nitrogens with one attached hydrogen (secondary N) is 1. The quantitative estimate of drug-likeness (QED) is 0.663. The number of halogens is 1. The van der Waals surface area contributed by atoms with Crippen LogP contribution in [0.5, 0.6) is 0 Å². The summed E-state index contributed by atoms with van der Waals surface area (Å²) in [5.41, 5.74) is 3.94. The SMILES string of the molecule is Cc1ccc(-c2ccsc2C(=O)Nc2ccc(Cl)cc2)cc1. The summed E-state index contributed by atoms with van der Waals surface area (Å²) in [5.74, 6) is -0.104. The van der Waals surface area contributed by atoms with E-state index in [0.717, 1.165) is 16.8 Å². The zero-order valence-corrected chi connectivity index (χ0v) is 13.5. The highest BCUT2D eigenvalue weighted by Gasteiger charge is 2.14. The molecule has 1 amide bonds. The van der Waals surface area contributed by atoms with Crippen LogP contribution in [0.15, 0.2) is 60.0 Å². The Balaban J connectivity index is 1.86. The Morgan fingerprint density at radius 1 is 1.00 bits per heavy atom. The summed E-state index contributed by atoms with van der Waals surface area (Å²) in [6.45, 7) is 2.05. The van der Waals surface area contributed by atoms with Gasteiger partial charge in [0.2, 0.25) is 0 Å². The van der Waals surface area contributed by atoms with E-state index in [0.29, 0.717) is 9.90 Å². The molecule has 1 N–H and O–H groups in total. The lowest BCUT2D eigenvalue weighted by Gasteiger charge is -2.07. The summed E-state index contributed by atoms with van der Waals surface area (Å²) >= 11 is 7.30. The molecule has 0 aliphatic heterocycles. The molecule has 0 atom stereocenters. The number of aryl methyl sites for hydroxylation is 1. The van der Waals surface area contributed by atoms with Gasteiger partial charge in [-0.15, -0.1) is 11.3 Å². The van der Waals surface area contributed by atoms with Crippen LogP contribution in [0.1, 0.15) is 15.2 Å². The van der Waals surface area contributed by atoms with Crippen LogP contribution in [0.4, 0.5) is 5.69 Å². The maximum atomic E-state index is 12.5. The van der Waals surface area contributed by atoms with E-state index >= 15 is 0 Å². The van der Waals surface area contributed by atoms with Crippen molar-refractivity contribution in [3.05, 3.63) is 75.4 Å². The van der Waals surface area contributed by atoms with Gasteiger partial charge >= 0.3 is 0 Å². The van der Waals surface area contributed by atoms with Gasteiger partial charge < -0.3 is 5.32 Å². The first-order chi connectivity index (χ1) is 10.6. The molecule has 0 saturated carbocycles. The Hall–Kier alpha value is -2.10. The molecule has 110 valence electrons. The van der Waals surface area contributed by atoms with Crippen LogP contribution in [-0.4, -0.2) is 5.91 Å². The van der Waals surface area contributed by atoms with Crippen molar-refractivity contribution < 1.29 is 4.79 Å². The van der Waals surface area contributed by atoms with Crippen LogP contribution in [0, 0.1) is 6.92 Å². The summed E-state index contributed by atoms with van der Waals surface area (Å²) in [4.78, 5) is 13.2. The average Bonchev–Trinajstić information content (AvgIpc) is 3.00. The molecule has 1 aromatic heterocycles. The number of rotatable bonds is 3. The lowest BCUT2D eigenvalue weighted by atomic mass is 10.0. The van der Waals surface area contributed by atoms with Crippen LogP contribution in [0.3, 0.4) is 0 Å². The van der Waals surface area contributed by atoms with Crippen LogP contribution in [0.25, 0.3) is 11.1 Å². The molecule has 1 heterocycles. The third-order valence-corrected chi connectivity index (χ3v) is 4.50. The van der Waals surface area contributed by atoms with Gasteiger partial charge in [0.25, 0.3) is 5.91 Å². The fraction of sp³-hybridized carbons (Fsp3) is 0.0556. The van der Waals surface area contributed by atoms with Gasteiger partial charge in [0, 0.05) is 16.3 Å². The van der Waals surface area contributed by atoms with Gasteiger partial charge in [0.15, 0.2) is 0 Å². The Kier molecular flexibility index (Phi) is 4.27. The van der Waals surface area contributed by atoms with Crippen molar-refractivity contribution in [2.75, 3.05) is 5.32 Å². The van der Waals surface area contributed by atoms with E-state index in [1.54, 1.807) is 24.3 Å². The molecular weight excluding hydrogens is 314 g/mol. The van der Waals surface area contributed by atoms with Gasteiger partial charge in [0.05, 0.1) is 4.88 Å². The molecule has 0 spiro atoms. The number of anilines is 1. The fourth-order valence-electron chi connectivity index (χ4n) is 2.17. The smallest absolute Gasteiger partial charge is 0.266 e. The highest BCUT2D eigenvalue weighted by molar-refractivity contribution is 7.12. The van der Waals surface area contributed by atoms with E-state index in [1.165, 1.54) is 16.9 Å². The molecule has 0 bridgehead atoms. The topological polar surface area (TPSA) is 29.1 Å². The molecule has 2 aromatic carbocycles. The van der Waals surface area contributed by atoms with Crippen molar-refractivity contribution in [1.29, 1.82) is 0 Å². The summed E-state index contributed by atoms with van der Waals surface area (Å²) in [7, 11) is 0. The van der Waals surface area contributed by atoms with Crippen molar-refractivity contribution in [2.45, 2.75) is 6.92 Å². The second-order valence-electron chi connectivity index (χ2n) is 4.99. The highest BCUT2D eigenvalue weighted by atomic mass is 35.5. The van der Waals surface area contributed by atoms with E-state index in [-0.39, 0.29) is 5.91 Å². The number of carbonyl (C=O) groups excluding carboxylic acids is 1. The maximum absolute atomic E-state index is 12.5. The number of hydrogen-bond acceptors (Lipinski definition) is 2. The van der Waals surface area contributed by atoms with E-state index in [4.69, 9.17) is 11.6 Å². The number of thiophene rings is 1. The molecule has 0 aliphatic rings. The van der Waals surface area contributed by atoms with E-state index < -0.39 is 0 Å². The first-order valence-electron chi connectivity index (χ1n) is 6.85. The molecule has 0 saturated heterocycles. The molecule has 2 nitrogen and oxygen atoms in total. The largest absolute Gasteiger partial charge is 0.321 e. The predicted molar refractivity (Wildman–Crippen MR) is 93.9 cm³/mol. The Labute approximate surface area is 138 Å². The lowest BCUT2D eigenvalue weighted by molar-refractivity contribution is 0.103. The molecule has 4 heteroatoms. The van der Waals surface area contributed by atoms with E-state index in [2.05, 4.69) is 5.32 Å². The van der Waals surface area contributed by atoms with Gasteiger partial charge in [0.1, 0.15) is 0 Å². The number of amides is 1. The minimum atomic E-state index is -0.104. The second-order valence-corrected chi connectivity index (χ2v) is 6.34. The first-order valence-corrected chi connectivity index (χ1v) is 8.11. The molecule has 0 unspecified atom stereocenters. The molecule has 3 aromatic rings. The molecule has 0 radical (unpaired) electrons. The minimum absolute atomic E-state index is 0.104. The van der Waals surface area contributed by atoms with Crippen molar-refractivity contribution in [3.8, 4) is 11.1 Å². The maximum Gasteiger partial charge on any atom is 0.266 e. The van der Waals surface area contributed by atoms with E-state index in [1.807, 2.05) is 42.6 Å². The van der Waals surface area contributed by atoms with E-state index in [9.17, 15) is 4.79 Å². The molecule has 0 fully saturated rings. The normalized spacial score (nSPS) is 10.5.